The van der Waals surface area contributed by atoms with Gasteiger partial charge in [0.15, 0.2) is 0 Å². The fraction of sp³-hybridized carbons (Fsp3) is 0.500. The summed E-state index contributed by atoms with van der Waals surface area (Å²) in [6.45, 7) is 1.12. The van der Waals surface area contributed by atoms with Crippen molar-refractivity contribution in [2.45, 2.75) is 18.9 Å². The molecule has 1 unspecified atom stereocenters. The van der Waals surface area contributed by atoms with Gasteiger partial charge in [0.1, 0.15) is 11.6 Å². The van der Waals surface area contributed by atoms with E-state index in [9.17, 15) is 9.18 Å². The van der Waals surface area contributed by atoms with Crippen LogP contribution in [0, 0.1) is 11.2 Å². The molecule has 2 aliphatic heterocycles. The van der Waals surface area contributed by atoms with E-state index in [1.165, 1.54) is 6.07 Å². The van der Waals surface area contributed by atoms with Crippen LogP contribution in [0.5, 0.6) is 5.75 Å². The summed E-state index contributed by atoms with van der Waals surface area (Å²) in [6.07, 6.45) is 1.31. The molecular formula is C14H15BrFNO3. The Morgan fingerprint density at radius 3 is 2.75 bits per heavy atom. The number of ether oxygens (including phenoxy) is 2. The molecule has 0 aliphatic carbocycles. The molecule has 20 heavy (non-hydrogen) atoms. The number of hydrogen-bond acceptors (Lipinski definition) is 3. The Balaban J connectivity index is 2.00. The first-order chi connectivity index (χ1) is 9.58. The van der Waals surface area contributed by atoms with Gasteiger partial charge >= 0.3 is 0 Å². The molecule has 0 bridgehead atoms. The van der Waals surface area contributed by atoms with Crippen molar-refractivity contribution in [3.05, 3.63) is 28.0 Å². The van der Waals surface area contributed by atoms with Gasteiger partial charge in [-0.25, -0.2) is 4.39 Å². The van der Waals surface area contributed by atoms with Gasteiger partial charge in [-0.15, -0.1) is 0 Å². The van der Waals surface area contributed by atoms with Gasteiger partial charge in [-0.1, -0.05) is 0 Å². The number of benzene rings is 1. The lowest BCUT2D eigenvalue weighted by molar-refractivity contribution is -0.156. The van der Waals surface area contributed by atoms with Crippen molar-refractivity contribution in [1.82, 2.24) is 5.32 Å². The SMILES string of the molecule is COc1cc(Br)c(F)cc1C1NC(=O)C12CCOCC2. The molecule has 2 saturated heterocycles. The van der Waals surface area contributed by atoms with Gasteiger partial charge < -0.3 is 14.8 Å². The molecule has 1 amide bonds. The molecule has 0 radical (unpaired) electrons. The molecule has 1 spiro atoms. The van der Waals surface area contributed by atoms with E-state index in [4.69, 9.17) is 9.47 Å². The van der Waals surface area contributed by atoms with E-state index in [1.54, 1.807) is 13.2 Å². The molecule has 6 heteroatoms. The number of methoxy groups -OCH3 is 1. The molecule has 108 valence electrons. The number of hydrogen-bond donors (Lipinski definition) is 1. The molecule has 1 atom stereocenters. The van der Waals surface area contributed by atoms with Crippen LogP contribution in [0.3, 0.4) is 0 Å². The Kier molecular flexibility index (Phi) is 3.46. The highest BCUT2D eigenvalue weighted by atomic mass is 79.9. The number of β-lactam (4-membered cyclic amide) rings is 1. The minimum atomic E-state index is -0.480. The summed E-state index contributed by atoms with van der Waals surface area (Å²) >= 11 is 3.15. The summed E-state index contributed by atoms with van der Waals surface area (Å²) in [7, 11) is 1.54. The Labute approximate surface area is 124 Å². The highest BCUT2D eigenvalue weighted by Gasteiger charge is 2.56. The van der Waals surface area contributed by atoms with Crippen LogP contribution in [0.1, 0.15) is 24.4 Å². The zero-order valence-corrected chi connectivity index (χ0v) is 12.6. The maximum Gasteiger partial charge on any atom is 0.229 e. The van der Waals surface area contributed by atoms with Crippen LogP contribution in [0.2, 0.25) is 0 Å². The second-order valence-corrected chi connectivity index (χ2v) is 6.04. The van der Waals surface area contributed by atoms with Crippen molar-refractivity contribution in [3.8, 4) is 5.75 Å². The van der Waals surface area contributed by atoms with Gasteiger partial charge in [-0.05, 0) is 40.9 Å². The summed E-state index contributed by atoms with van der Waals surface area (Å²) < 4.78 is 24.8. The molecule has 1 aromatic rings. The molecule has 4 nitrogen and oxygen atoms in total. The van der Waals surface area contributed by atoms with Crippen LogP contribution in [-0.4, -0.2) is 26.2 Å². The molecule has 0 aromatic heterocycles. The third-order valence-corrected chi connectivity index (χ3v) is 4.86. The molecule has 1 N–H and O–H groups in total. The van der Waals surface area contributed by atoms with E-state index >= 15 is 0 Å². The molecule has 2 aliphatic rings. The number of nitrogens with one attached hydrogen (secondary N) is 1. The summed E-state index contributed by atoms with van der Waals surface area (Å²) in [5, 5.41) is 2.88. The van der Waals surface area contributed by atoms with Crippen LogP contribution < -0.4 is 10.1 Å². The minimum absolute atomic E-state index is 0.0242. The molecule has 3 rings (SSSR count). The van der Waals surface area contributed by atoms with Gasteiger partial charge in [-0.2, -0.15) is 0 Å². The predicted octanol–water partition coefficient (Wildman–Crippen LogP) is 2.56. The molecule has 1 aromatic carbocycles. The third kappa shape index (κ3) is 1.93. The van der Waals surface area contributed by atoms with E-state index in [-0.39, 0.29) is 17.8 Å². The molecule has 0 saturated carbocycles. The van der Waals surface area contributed by atoms with Crippen LogP contribution in [0.15, 0.2) is 16.6 Å². The maximum atomic E-state index is 13.8. The van der Waals surface area contributed by atoms with Crippen molar-refractivity contribution >= 4 is 21.8 Å². The van der Waals surface area contributed by atoms with E-state index in [1.807, 2.05) is 0 Å². The Hall–Kier alpha value is -1.14. The zero-order chi connectivity index (χ0) is 14.3. The molecule has 2 fully saturated rings. The molecule has 2 heterocycles. The van der Waals surface area contributed by atoms with Gasteiger partial charge in [0, 0.05) is 18.8 Å². The first-order valence-electron chi connectivity index (χ1n) is 6.50. The quantitative estimate of drug-likeness (QED) is 0.839. The zero-order valence-electron chi connectivity index (χ0n) is 11.0. The predicted molar refractivity (Wildman–Crippen MR) is 74.0 cm³/mol. The minimum Gasteiger partial charge on any atom is -0.496 e. The van der Waals surface area contributed by atoms with Crippen molar-refractivity contribution in [1.29, 1.82) is 0 Å². The Bertz CT molecular complexity index is 558. The maximum absolute atomic E-state index is 13.8. The number of carbonyl (C=O) groups excluding carboxylic acids is 1. The van der Waals surface area contributed by atoms with Gasteiger partial charge in [0.05, 0.1) is 23.0 Å². The van der Waals surface area contributed by atoms with E-state index in [0.717, 1.165) is 0 Å². The topological polar surface area (TPSA) is 47.6 Å². The smallest absolute Gasteiger partial charge is 0.229 e. The van der Waals surface area contributed by atoms with E-state index in [2.05, 4.69) is 21.2 Å². The number of carbonyl (C=O) groups is 1. The van der Waals surface area contributed by atoms with Crippen molar-refractivity contribution in [3.63, 3.8) is 0 Å². The van der Waals surface area contributed by atoms with Gasteiger partial charge in [0.25, 0.3) is 0 Å². The van der Waals surface area contributed by atoms with E-state index < -0.39 is 5.41 Å². The largest absolute Gasteiger partial charge is 0.496 e. The van der Waals surface area contributed by atoms with Crippen LogP contribution in [0.25, 0.3) is 0 Å². The first kappa shape index (κ1) is 13.8. The highest BCUT2D eigenvalue weighted by Crippen LogP contribution is 2.51. The van der Waals surface area contributed by atoms with Crippen LogP contribution in [-0.2, 0) is 9.53 Å². The average molecular weight is 344 g/mol. The number of amides is 1. The number of halogens is 2. The lowest BCUT2D eigenvalue weighted by Gasteiger charge is -2.51. The number of rotatable bonds is 2. The monoisotopic (exact) mass is 343 g/mol. The lowest BCUT2D eigenvalue weighted by atomic mass is 9.65. The summed E-state index contributed by atoms with van der Waals surface area (Å²) in [6, 6.07) is 2.82. The molecular weight excluding hydrogens is 329 g/mol. The fourth-order valence-electron chi connectivity index (χ4n) is 3.04. The third-order valence-electron chi connectivity index (χ3n) is 4.25. The van der Waals surface area contributed by atoms with Crippen molar-refractivity contribution in [2.24, 2.45) is 5.41 Å². The first-order valence-corrected chi connectivity index (χ1v) is 7.29. The summed E-state index contributed by atoms with van der Waals surface area (Å²) in [5.74, 6) is 0.245. The van der Waals surface area contributed by atoms with Crippen molar-refractivity contribution < 1.29 is 18.7 Å². The second-order valence-electron chi connectivity index (χ2n) is 5.18. The highest BCUT2D eigenvalue weighted by molar-refractivity contribution is 9.10. The van der Waals surface area contributed by atoms with Gasteiger partial charge in [-0.3, -0.25) is 4.79 Å². The fourth-order valence-corrected chi connectivity index (χ4v) is 3.36. The summed E-state index contributed by atoms with van der Waals surface area (Å²) in [4.78, 5) is 12.0. The lowest BCUT2D eigenvalue weighted by Crippen LogP contribution is -2.63. The Morgan fingerprint density at radius 2 is 2.15 bits per heavy atom. The average Bonchev–Trinajstić information content (AvgIpc) is 2.48. The van der Waals surface area contributed by atoms with Crippen molar-refractivity contribution in [2.75, 3.05) is 20.3 Å². The van der Waals surface area contributed by atoms with Crippen LogP contribution in [0.4, 0.5) is 4.39 Å². The van der Waals surface area contributed by atoms with Gasteiger partial charge in [0.2, 0.25) is 5.91 Å². The normalized spacial score (nSPS) is 24.1. The summed E-state index contributed by atoms with van der Waals surface area (Å²) in [5.41, 5.74) is 0.209. The standard InChI is InChI=1S/C14H15BrFNO3/c1-19-11-7-9(15)10(16)6-8(11)12-14(13(18)17-12)2-4-20-5-3-14/h6-7,12H,2-5H2,1H3,(H,17,18). The van der Waals surface area contributed by atoms with Crippen LogP contribution >= 0.6 is 15.9 Å². The van der Waals surface area contributed by atoms with E-state index in [0.29, 0.717) is 41.8 Å². The second kappa shape index (κ2) is 5.00. The Morgan fingerprint density at radius 1 is 1.45 bits per heavy atom.